The summed E-state index contributed by atoms with van der Waals surface area (Å²) in [4.78, 5) is 14.4. The van der Waals surface area contributed by atoms with Gasteiger partial charge in [0, 0.05) is 31.7 Å². The molecule has 1 aliphatic rings. The fraction of sp³-hybridized carbons (Fsp3) is 0.611. The molecule has 1 unspecified atom stereocenters. The van der Waals surface area contributed by atoms with Crippen LogP contribution in [-0.4, -0.2) is 49.7 Å². The Kier molecular flexibility index (Phi) is 6.40. The summed E-state index contributed by atoms with van der Waals surface area (Å²) in [5.41, 5.74) is 0.430. The first-order valence-corrected chi connectivity index (χ1v) is 10.2. The fourth-order valence-corrected chi connectivity index (χ4v) is 4.82. The van der Waals surface area contributed by atoms with Crippen LogP contribution in [0.4, 0.5) is 0 Å². The van der Waals surface area contributed by atoms with E-state index in [0.717, 1.165) is 32.1 Å². The Hall–Kier alpha value is -1.40. The summed E-state index contributed by atoms with van der Waals surface area (Å²) in [6, 6.07) is 6.45. The molecule has 1 atom stereocenters. The minimum atomic E-state index is -3.55. The second-order valence-electron chi connectivity index (χ2n) is 6.57. The van der Waals surface area contributed by atoms with Crippen LogP contribution in [0.25, 0.3) is 0 Å². The lowest BCUT2D eigenvalue weighted by molar-refractivity contribution is 0.0793. The van der Waals surface area contributed by atoms with Crippen molar-refractivity contribution in [1.29, 1.82) is 0 Å². The van der Waals surface area contributed by atoms with Crippen molar-refractivity contribution < 1.29 is 13.2 Å². The molecule has 1 heterocycles. The van der Waals surface area contributed by atoms with Crippen molar-refractivity contribution >= 4 is 15.9 Å². The molecule has 0 saturated carbocycles. The van der Waals surface area contributed by atoms with Crippen LogP contribution in [0.5, 0.6) is 0 Å². The summed E-state index contributed by atoms with van der Waals surface area (Å²) in [7, 11) is -1.79. The number of rotatable bonds is 6. The molecule has 0 aromatic heterocycles. The molecule has 0 radical (unpaired) electrons. The number of sulfonamides is 1. The molecule has 1 fully saturated rings. The third-order valence-electron chi connectivity index (χ3n) is 4.62. The second-order valence-corrected chi connectivity index (χ2v) is 8.46. The number of benzene rings is 1. The fourth-order valence-electron chi connectivity index (χ4n) is 3.07. The Labute approximate surface area is 145 Å². The van der Waals surface area contributed by atoms with Gasteiger partial charge < -0.3 is 4.90 Å². The van der Waals surface area contributed by atoms with Crippen molar-refractivity contribution in [2.75, 3.05) is 20.1 Å². The van der Waals surface area contributed by atoms with E-state index < -0.39 is 10.0 Å². The van der Waals surface area contributed by atoms with E-state index in [-0.39, 0.29) is 16.8 Å². The lowest BCUT2D eigenvalue weighted by Crippen LogP contribution is -2.42. The number of nitrogens with zero attached hydrogens (tertiary/aromatic N) is 2. The lowest BCUT2D eigenvalue weighted by atomic mass is 10.1. The third kappa shape index (κ3) is 4.16. The first-order chi connectivity index (χ1) is 11.4. The van der Waals surface area contributed by atoms with Gasteiger partial charge in [0.05, 0.1) is 4.90 Å². The van der Waals surface area contributed by atoms with Crippen LogP contribution >= 0.6 is 0 Å². The summed E-state index contributed by atoms with van der Waals surface area (Å²) in [6.45, 7) is 5.25. The molecule has 0 bridgehead atoms. The first-order valence-electron chi connectivity index (χ1n) is 8.75. The number of piperidine rings is 1. The standard InChI is InChI=1S/C18H28N2O3S/c1-4-5-12-19(3)18(21)16-10-8-11-17(14-16)24(22,23)20-13-7-6-9-15(20)2/h8,10-11,14-15H,4-7,9,12-13H2,1-3H3. The van der Waals surface area contributed by atoms with Crippen molar-refractivity contribution in [2.24, 2.45) is 0 Å². The minimum absolute atomic E-state index is 0.00957. The molecule has 0 aliphatic carbocycles. The highest BCUT2D eigenvalue weighted by molar-refractivity contribution is 7.89. The molecule has 6 heteroatoms. The summed E-state index contributed by atoms with van der Waals surface area (Å²) in [5.74, 6) is -0.132. The van der Waals surface area contributed by atoms with Gasteiger partial charge in [0.15, 0.2) is 0 Å². The Balaban J connectivity index is 2.24. The topological polar surface area (TPSA) is 57.7 Å². The molecule has 24 heavy (non-hydrogen) atoms. The molecule has 1 aromatic rings. The monoisotopic (exact) mass is 352 g/mol. The van der Waals surface area contributed by atoms with Gasteiger partial charge in [0.1, 0.15) is 0 Å². The maximum absolute atomic E-state index is 12.9. The molecular weight excluding hydrogens is 324 g/mol. The van der Waals surface area contributed by atoms with Crippen molar-refractivity contribution in [1.82, 2.24) is 9.21 Å². The van der Waals surface area contributed by atoms with Crippen molar-refractivity contribution in [3.63, 3.8) is 0 Å². The second kappa shape index (κ2) is 8.12. The predicted octanol–water partition coefficient (Wildman–Crippen LogP) is 3.12. The first kappa shape index (κ1) is 18.9. The zero-order valence-corrected chi connectivity index (χ0v) is 15.7. The molecule has 1 aromatic carbocycles. The van der Waals surface area contributed by atoms with Crippen LogP contribution in [-0.2, 0) is 10.0 Å². The minimum Gasteiger partial charge on any atom is -0.342 e. The summed E-state index contributed by atoms with van der Waals surface area (Å²) < 4.78 is 27.4. The van der Waals surface area contributed by atoms with Gasteiger partial charge in [0.25, 0.3) is 5.91 Å². The number of unbranched alkanes of at least 4 members (excludes halogenated alkanes) is 1. The van der Waals surface area contributed by atoms with Gasteiger partial charge in [-0.2, -0.15) is 4.31 Å². The van der Waals surface area contributed by atoms with Crippen molar-refractivity contribution in [2.45, 2.75) is 56.9 Å². The molecule has 0 N–H and O–H groups in total. The van der Waals surface area contributed by atoms with E-state index in [2.05, 4.69) is 6.92 Å². The van der Waals surface area contributed by atoms with E-state index in [1.54, 1.807) is 34.5 Å². The average Bonchev–Trinajstić information content (AvgIpc) is 2.59. The number of hydrogen-bond acceptors (Lipinski definition) is 3. The Morgan fingerprint density at radius 1 is 1.33 bits per heavy atom. The van der Waals surface area contributed by atoms with E-state index in [9.17, 15) is 13.2 Å². The largest absolute Gasteiger partial charge is 0.342 e. The van der Waals surface area contributed by atoms with Gasteiger partial charge in [-0.15, -0.1) is 0 Å². The van der Waals surface area contributed by atoms with Crippen LogP contribution in [0.3, 0.4) is 0 Å². The van der Waals surface area contributed by atoms with Gasteiger partial charge in [-0.05, 0) is 44.4 Å². The van der Waals surface area contributed by atoms with Crippen molar-refractivity contribution in [3.8, 4) is 0 Å². The van der Waals surface area contributed by atoms with E-state index in [1.165, 1.54) is 6.07 Å². The highest BCUT2D eigenvalue weighted by Crippen LogP contribution is 2.25. The molecular formula is C18H28N2O3S. The Morgan fingerprint density at radius 3 is 2.75 bits per heavy atom. The normalized spacial score (nSPS) is 19.2. The van der Waals surface area contributed by atoms with Gasteiger partial charge in [-0.1, -0.05) is 25.8 Å². The number of carbonyl (C=O) groups is 1. The van der Waals surface area contributed by atoms with Crippen LogP contribution < -0.4 is 0 Å². The smallest absolute Gasteiger partial charge is 0.253 e. The average molecular weight is 353 g/mol. The Bertz CT molecular complexity index is 673. The molecule has 0 spiro atoms. The van der Waals surface area contributed by atoms with Crippen LogP contribution in [0.2, 0.25) is 0 Å². The highest BCUT2D eigenvalue weighted by atomic mass is 32.2. The predicted molar refractivity (Wildman–Crippen MR) is 95.5 cm³/mol. The summed E-state index contributed by atoms with van der Waals surface area (Å²) in [6.07, 6.45) is 4.79. The van der Waals surface area contributed by atoms with Crippen molar-refractivity contribution in [3.05, 3.63) is 29.8 Å². The van der Waals surface area contributed by atoms with Gasteiger partial charge in [0.2, 0.25) is 10.0 Å². The van der Waals surface area contributed by atoms with Gasteiger partial charge >= 0.3 is 0 Å². The maximum Gasteiger partial charge on any atom is 0.253 e. The zero-order valence-electron chi connectivity index (χ0n) is 14.9. The van der Waals surface area contributed by atoms with Crippen LogP contribution in [0, 0.1) is 0 Å². The van der Waals surface area contributed by atoms with Gasteiger partial charge in [-0.25, -0.2) is 8.42 Å². The molecule has 5 nitrogen and oxygen atoms in total. The number of amides is 1. The van der Waals surface area contributed by atoms with Crippen LogP contribution in [0.15, 0.2) is 29.2 Å². The van der Waals surface area contributed by atoms with E-state index in [4.69, 9.17) is 0 Å². The molecule has 1 aliphatic heterocycles. The van der Waals surface area contributed by atoms with Crippen LogP contribution in [0.1, 0.15) is 56.3 Å². The Morgan fingerprint density at radius 2 is 2.08 bits per heavy atom. The maximum atomic E-state index is 12.9. The number of carbonyl (C=O) groups excluding carboxylic acids is 1. The van der Waals surface area contributed by atoms with E-state index in [0.29, 0.717) is 18.7 Å². The van der Waals surface area contributed by atoms with E-state index in [1.807, 2.05) is 6.92 Å². The van der Waals surface area contributed by atoms with E-state index >= 15 is 0 Å². The van der Waals surface area contributed by atoms with Gasteiger partial charge in [-0.3, -0.25) is 4.79 Å². The summed E-state index contributed by atoms with van der Waals surface area (Å²) in [5, 5.41) is 0. The third-order valence-corrected chi connectivity index (χ3v) is 6.63. The quantitative estimate of drug-likeness (QED) is 0.790. The molecule has 1 saturated heterocycles. The molecule has 2 rings (SSSR count). The number of hydrogen-bond donors (Lipinski definition) is 0. The lowest BCUT2D eigenvalue weighted by Gasteiger charge is -2.32. The zero-order chi connectivity index (χ0) is 17.7. The SMILES string of the molecule is CCCCN(C)C(=O)c1cccc(S(=O)(=O)N2CCCCC2C)c1. The summed E-state index contributed by atoms with van der Waals surface area (Å²) >= 11 is 0. The highest BCUT2D eigenvalue weighted by Gasteiger charge is 2.31. The molecule has 1 amide bonds. The molecule has 134 valence electrons.